The van der Waals surface area contributed by atoms with Gasteiger partial charge in [-0.05, 0) is 29.2 Å². The lowest BCUT2D eigenvalue weighted by molar-refractivity contribution is -0.152. The maximum absolute atomic E-state index is 12.2. The Labute approximate surface area is 223 Å². The van der Waals surface area contributed by atoms with Crippen molar-refractivity contribution >= 4 is 17.8 Å². The molecule has 2 unspecified atom stereocenters. The van der Waals surface area contributed by atoms with Crippen molar-refractivity contribution in [3.63, 3.8) is 0 Å². The Bertz CT molecular complexity index is 1120. The zero-order valence-electron chi connectivity index (χ0n) is 22.0. The van der Waals surface area contributed by atoms with Crippen molar-refractivity contribution in [2.24, 2.45) is 0 Å². The fraction of sp³-hybridized carbons (Fsp3) is 0.300. The van der Waals surface area contributed by atoms with Crippen LogP contribution in [0.25, 0.3) is 11.1 Å². The smallest absolute Gasteiger partial charge is 0.338 e. The van der Waals surface area contributed by atoms with Crippen molar-refractivity contribution in [2.75, 3.05) is 20.7 Å². The number of carbonyl (C=O) groups excluding carboxylic acids is 3. The van der Waals surface area contributed by atoms with Crippen LogP contribution in [0.2, 0.25) is 0 Å². The van der Waals surface area contributed by atoms with Gasteiger partial charge < -0.3 is 25.2 Å². The number of rotatable bonds is 10. The number of nitrogens with one attached hydrogen (secondary N) is 1. The molecule has 3 aromatic carbocycles. The van der Waals surface area contributed by atoms with Gasteiger partial charge in [0.15, 0.2) is 12.2 Å². The molecule has 3 aromatic rings. The van der Waals surface area contributed by atoms with Gasteiger partial charge in [-0.3, -0.25) is 9.59 Å². The van der Waals surface area contributed by atoms with Gasteiger partial charge >= 0.3 is 5.97 Å². The summed E-state index contributed by atoms with van der Waals surface area (Å²) in [6, 6.07) is 26.2. The highest BCUT2D eigenvalue weighted by Crippen LogP contribution is 2.24. The zero-order chi connectivity index (χ0) is 27.9. The molecule has 0 fully saturated rings. The molecule has 0 aliphatic heterocycles. The number of nitrogens with zero attached hydrogens (tertiary/aromatic N) is 1. The van der Waals surface area contributed by atoms with E-state index in [9.17, 15) is 24.6 Å². The number of amides is 2. The average Bonchev–Trinajstić information content (AvgIpc) is 2.98. The van der Waals surface area contributed by atoms with Gasteiger partial charge in [-0.25, -0.2) is 4.79 Å². The van der Waals surface area contributed by atoms with E-state index in [1.54, 1.807) is 36.4 Å². The van der Waals surface area contributed by atoms with Gasteiger partial charge in [-0.15, -0.1) is 0 Å². The topological polar surface area (TPSA) is 116 Å². The molecule has 0 spiro atoms. The number of likely N-dealkylation sites (N-methyl/N-ethyl adjacent to an activating group) is 1. The van der Waals surface area contributed by atoms with Gasteiger partial charge in [0.2, 0.25) is 0 Å². The second-order valence-corrected chi connectivity index (χ2v) is 8.61. The molecule has 0 aliphatic rings. The molecule has 0 saturated heterocycles. The minimum atomic E-state index is -1.86. The van der Waals surface area contributed by atoms with Crippen LogP contribution in [0.3, 0.4) is 0 Å². The van der Waals surface area contributed by atoms with Crippen LogP contribution in [0.4, 0.5) is 0 Å². The number of unbranched alkanes of at least 4 members (excludes halogenated alkanes) is 1. The Morgan fingerprint density at radius 3 is 2.00 bits per heavy atom. The molecule has 2 amide bonds. The Morgan fingerprint density at radius 1 is 0.868 bits per heavy atom. The molecule has 8 nitrogen and oxygen atoms in total. The van der Waals surface area contributed by atoms with Crippen LogP contribution in [0.5, 0.6) is 0 Å². The second kappa shape index (κ2) is 16.0. The molecule has 0 heterocycles. The number of hydrogen-bond donors (Lipinski definition) is 3. The summed E-state index contributed by atoms with van der Waals surface area (Å²) >= 11 is 0. The molecule has 8 heteroatoms. The van der Waals surface area contributed by atoms with Gasteiger partial charge in [0, 0.05) is 20.1 Å². The maximum Gasteiger partial charge on any atom is 0.338 e. The van der Waals surface area contributed by atoms with Crippen LogP contribution in [-0.4, -0.2) is 65.8 Å². The van der Waals surface area contributed by atoms with Crippen LogP contribution >= 0.6 is 0 Å². The number of benzene rings is 3. The molecule has 0 radical (unpaired) electrons. The second-order valence-electron chi connectivity index (χ2n) is 8.61. The van der Waals surface area contributed by atoms with Gasteiger partial charge in [-0.2, -0.15) is 0 Å². The third-order valence-corrected chi connectivity index (χ3v) is 5.77. The maximum atomic E-state index is 12.2. The Hall–Kier alpha value is -4.01. The van der Waals surface area contributed by atoms with Gasteiger partial charge in [0.25, 0.3) is 11.8 Å². The summed E-state index contributed by atoms with van der Waals surface area (Å²) in [5, 5.41) is 22.6. The molecular formula is C30H36N2O6. The molecule has 0 aliphatic carbocycles. The molecule has 202 valence electrons. The molecule has 0 saturated carbocycles. The van der Waals surface area contributed by atoms with E-state index in [-0.39, 0.29) is 6.54 Å². The highest BCUT2D eigenvalue weighted by Gasteiger charge is 2.31. The third kappa shape index (κ3) is 9.14. The van der Waals surface area contributed by atoms with E-state index in [0.717, 1.165) is 29.5 Å². The van der Waals surface area contributed by atoms with Gasteiger partial charge in [-0.1, -0.05) is 92.2 Å². The molecule has 0 aromatic heterocycles. The summed E-state index contributed by atoms with van der Waals surface area (Å²) in [6.45, 7) is 2.51. The quantitative estimate of drug-likeness (QED) is 0.353. The summed E-state index contributed by atoms with van der Waals surface area (Å²) in [7, 11) is 2.85. The van der Waals surface area contributed by atoms with Crippen molar-refractivity contribution < 1.29 is 29.3 Å². The van der Waals surface area contributed by atoms with E-state index < -0.39 is 30.0 Å². The predicted octanol–water partition coefficient (Wildman–Crippen LogP) is 3.42. The fourth-order valence-corrected chi connectivity index (χ4v) is 3.51. The van der Waals surface area contributed by atoms with Crippen LogP contribution in [-0.2, 0) is 20.9 Å². The van der Waals surface area contributed by atoms with E-state index in [1.807, 2.05) is 55.5 Å². The highest BCUT2D eigenvalue weighted by molar-refractivity contribution is 5.97. The van der Waals surface area contributed by atoms with E-state index in [0.29, 0.717) is 12.1 Å². The summed E-state index contributed by atoms with van der Waals surface area (Å²) in [6.07, 6.45) is -2.05. The SMILES string of the molecule is CCCCN(C)C(=O)C(O)C(O)C(=O)NCc1ccc(-c2ccccc2C(=O)OC)cc1.c1ccccc1. The van der Waals surface area contributed by atoms with E-state index in [1.165, 1.54) is 19.1 Å². The fourth-order valence-electron chi connectivity index (χ4n) is 3.51. The minimum absolute atomic E-state index is 0.0986. The van der Waals surface area contributed by atoms with Crippen molar-refractivity contribution in [1.82, 2.24) is 10.2 Å². The number of carbonyl (C=O) groups is 3. The van der Waals surface area contributed by atoms with E-state index in [4.69, 9.17) is 4.74 Å². The Morgan fingerprint density at radius 2 is 1.45 bits per heavy atom. The van der Waals surface area contributed by atoms with Crippen LogP contribution in [0.1, 0.15) is 35.7 Å². The summed E-state index contributed by atoms with van der Waals surface area (Å²) in [5.74, 6) is -1.97. The number of hydrogen-bond acceptors (Lipinski definition) is 6. The predicted molar refractivity (Wildman–Crippen MR) is 146 cm³/mol. The van der Waals surface area contributed by atoms with Crippen molar-refractivity contribution in [2.45, 2.75) is 38.5 Å². The number of aliphatic hydroxyl groups is 2. The normalized spacial score (nSPS) is 11.8. The number of methoxy groups -OCH3 is 1. The lowest BCUT2D eigenvalue weighted by Gasteiger charge is -2.23. The van der Waals surface area contributed by atoms with Crippen LogP contribution in [0, 0.1) is 0 Å². The monoisotopic (exact) mass is 520 g/mol. The average molecular weight is 521 g/mol. The third-order valence-electron chi connectivity index (χ3n) is 5.77. The Kier molecular flexibility index (Phi) is 12.7. The van der Waals surface area contributed by atoms with Crippen LogP contribution in [0.15, 0.2) is 84.9 Å². The number of aliphatic hydroxyl groups excluding tert-OH is 2. The molecule has 0 bridgehead atoms. The summed E-state index contributed by atoms with van der Waals surface area (Å²) < 4.78 is 4.82. The molecule has 3 rings (SSSR count). The minimum Gasteiger partial charge on any atom is -0.465 e. The molecule has 38 heavy (non-hydrogen) atoms. The summed E-state index contributed by atoms with van der Waals surface area (Å²) in [5.41, 5.74) is 2.71. The number of esters is 1. The lowest BCUT2D eigenvalue weighted by Crippen LogP contribution is -2.49. The van der Waals surface area contributed by atoms with Gasteiger partial charge in [0.05, 0.1) is 12.7 Å². The Balaban J connectivity index is 0.000000739. The van der Waals surface area contributed by atoms with E-state index >= 15 is 0 Å². The largest absolute Gasteiger partial charge is 0.465 e. The van der Waals surface area contributed by atoms with E-state index in [2.05, 4.69) is 5.32 Å². The van der Waals surface area contributed by atoms with Crippen LogP contribution < -0.4 is 5.32 Å². The zero-order valence-corrected chi connectivity index (χ0v) is 22.0. The molecule has 2 atom stereocenters. The van der Waals surface area contributed by atoms with Crippen molar-refractivity contribution in [1.29, 1.82) is 0 Å². The first-order valence-electron chi connectivity index (χ1n) is 12.5. The summed E-state index contributed by atoms with van der Waals surface area (Å²) in [4.78, 5) is 37.6. The molecule has 3 N–H and O–H groups in total. The highest BCUT2D eigenvalue weighted by atomic mass is 16.5. The molecular weight excluding hydrogens is 484 g/mol. The lowest BCUT2D eigenvalue weighted by atomic mass is 9.98. The standard InChI is InChI=1S/C24H30N2O6.C6H6/c1-4-5-14-26(2)23(30)21(28)20(27)22(29)25-15-16-10-12-17(13-11-16)18-8-6-7-9-19(18)24(31)32-3;1-2-4-6-5-3-1/h6-13,20-21,27-28H,4-5,14-15H2,1-3H3,(H,25,29);1-6H. The van der Waals surface area contributed by atoms with Crippen molar-refractivity contribution in [3.05, 3.63) is 96.1 Å². The number of ether oxygens (including phenoxy) is 1. The first-order chi connectivity index (χ1) is 18.3. The van der Waals surface area contributed by atoms with Gasteiger partial charge in [0.1, 0.15) is 0 Å². The van der Waals surface area contributed by atoms with Crippen molar-refractivity contribution in [3.8, 4) is 11.1 Å². The first kappa shape index (κ1) is 30.2. The first-order valence-corrected chi connectivity index (χ1v) is 12.5.